The maximum atomic E-state index is 12.6. The molecule has 304 valence electrons. The molecule has 0 fully saturated rings. The quantitative estimate of drug-likeness (QED) is 0.0240. The number of carbonyl (C=O) groups excluding carboxylic acids is 2. The Hall–Kier alpha value is -1.81. The largest absolute Gasteiger partial charge is 0.472 e. The Labute approximate surface area is 316 Å². The zero-order valence-corrected chi connectivity index (χ0v) is 33.7. The molecular weight excluding hydrogens is 683 g/mol. The summed E-state index contributed by atoms with van der Waals surface area (Å²) in [5.41, 5.74) is 0. The molecule has 0 rings (SSSR count). The number of aliphatic hydroxyl groups is 2. The second-order valence-electron chi connectivity index (χ2n) is 13.7. The summed E-state index contributed by atoms with van der Waals surface area (Å²) < 4.78 is 32.6. The molecule has 0 saturated carbocycles. The number of rotatable bonds is 38. The number of ether oxygens (including phenoxy) is 2. The lowest BCUT2D eigenvalue weighted by atomic mass is 10.1. The normalized spacial score (nSPS) is 14.3. The van der Waals surface area contributed by atoms with Crippen LogP contribution in [-0.4, -0.2) is 65.7 Å². The summed E-state index contributed by atoms with van der Waals surface area (Å²) in [6, 6.07) is 0. The first kappa shape index (κ1) is 50.2. The summed E-state index contributed by atoms with van der Waals surface area (Å²) in [7, 11) is -4.62. The van der Waals surface area contributed by atoms with Crippen molar-refractivity contribution in [2.24, 2.45) is 0 Å². The number of carbonyl (C=O) groups is 2. The first-order chi connectivity index (χ1) is 25.2. The SMILES string of the molecule is CCCCC/C=C\C/C=C\CCCCCCCCCC(=O)O[C@H](COC(=O)CCCCCCC/C=C\CCCCC)COP(=O)(O)OC[C@@H](O)CO. The standard InChI is InChI=1S/C41H75O10P/c1-3-5-7-9-11-13-15-17-18-19-20-21-23-25-27-29-31-33-41(45)51-39(37-50-52(46,47)49-35-38(43)34-42)36-48-40(44)32-30-28-26-24-22-16-14-12-10-8-6-4-2/h11-14,17-18,38-39,42-43H,3-10,15-16,19-37H2,1-2H3,(H,46,47)/b13-11-,14-12-,18-17-/t38-,39+/m0/s1. The number of unbranched alkanes of at least 4 members (excludes halogenated alkanes) is 18. The number of phosphoric acid groups is 1. The minimum Gasteiger partial charge on any atom is -0.462 e. The molecule has 0 bridgehead atoms. The van der Waals surface area contributed by atoms with Gasteiger partial charge in [0.25, 0.3) is 0 Å². The zero-order valence-electron chi connectivity index (χ0n) is 32.8. The van der Waals surface area contributed by atoms with Crippen LogP contribution in [-0.2, 0) is 32.7 Å². The first-order valence-corrected chi connectivity index (χ1v) is 21.9. The van der Waals surface area contributed by atoms with Gasteiger partial charge in [0.2, 0.25) is 0 Å². The Morgan fingerprint density at radius 1 is 0.577 bits per heavy atom. The topological polar surface area (TPSA) is 149 Å². The average Bonchev–Trinajstić information content (AvgIpc) is 3.13. The number of allylic oxidation sites excluding steroid dienone is 6. The second-order valence-corrected chi connectivity index (χ2v) is 15.1. The van der Waals surface area contributed by atoms with Gasteiger partial charge in [-0.2, -0.15) is 0 Å². The average molecular weight is 759 g/mol. The molecule has 1 unspecified atom stereocenters. The number of esters is 2. The Morgan fingerprint density at radius 3 is 1.50 bits per heavy atom. The molecule has 0 aliphatic heterocycles. The molecule has 0 heterocycles. The van der Waals surface area contributed by atoms with Crippen molar-refractivity contribution in [2.75, 3.05) is 26.4 Å². The molecule has 0 radical (unpaired) electrons. The van der Waals surface area contributed by atoms with E-state index in [1.165, 1.54) is 57.8 Å². The van der Waals surface area contributed by atoms with E-state index < -0.39 is 51.8 Å². The molecule has 11 heteroatoms. The molecule has 0 aliphatic rings. The lowest BCUT2D eigenvalue weighted by Gasteiger charge is -2.20. The highest BCUT2D eigenvalue weighted by molar-refractivity contribution is 7.47. The van der Waals surface area contributed by atoms with Crippen molar-refractivity contribution in [1.29, 1.82) is 0 Å². The van der Waals surface area contributed by atoms with Crippen LogP contribution in [0.25, 0.3) is 0 Å². The van der Waals surface area contributed by atoms with Crippen LogP contribution in [0.4, 0.5) is 0 Å². The van der Waals surface area contributed by atoms with Gasteiger partial charge in [0.1, 0.15) is 12.7 Å². The van der Waals surface area contributed by atoms with Crippen LogP contribution in [0.1, 0.15) is 174 Å². The first-order valence-electron chi connectivity index (χ1n) is 20.4. The van der Waals surface area contributed by atoms with Gasteiger partial charge in [-0.15, -0.1) is 0 Å². The maximum Gasteiger partial charge on any atom is 0.472 e. The summed E-state index contributed by atoms with van der Waals surface area (Å²) in [5.74, 6) is -0.945. The van der Waals surface area contributed by atoms with E-state index in [2.05, 4.69) is 54.8 Å². The lowest BCUT2D eigenvalue weighted by Crippen LogP contribution is -2.29. The Morgan fingerprint density at radius 2 is 1.00 bits per heavy atom. The van der Waals surface area contributed by atoms with Crippen LogP contribution in [0.2, 0.25) is 0 Å². The van der Waals surface area contributed by atoms with E-state index in [1.54, 1.807) is 0 Å². The van der Waals surface area contributed by atoms with E-state index in [4.69, 9.17) is 19.1 Å². The predicted octanol–water partition coefficient (Wildman–Crippen LogP) is 10.4. The molecule has 0 amide bonds. The number of hydrogen-bond donors (Lipinski definition) is 3. The number of phosphoric ester groups is 1. The third kappa shape index (κ3) is 36.5. The van der Waals surface area contributed by atoms with Gasteiger partial charge in [-0.25, -0.2) is 4.57 Å². The van der Waals surface area contributed by atoms with E-state index in [-0.39, 0.29) is 19.4 Å². The molecule has 0 saturated heterocycles. The molecule has 0 aromatic rings. The van der Waals surface area contributed by atoms with Crippen LogP contribution in [0.3, 0.4) is 0 Å². The third-order valence-electron chi connectivity index (χ3n) is 8.52. The smallest absolute Gasteiger partial charge is 0.462 e. The minimum absolute atomic E-state index is 0.174. The van der Waals surface area contributed by atoms with Crippen LogP contribution < -0.4 is 0 Å². The van der Waals surface area contributed by atoms with Gasteiger partial charge in [-0.3, -0.25) is 18.6 Å². The molecule has 0 aromatic heterocycles. The van der Waals surface area contributed by atoms with Crippen molar-refractivity contribution >= 4 is 19.8 Å². The van der Waals surface area contributed by atoms with Crippen molar-refractivity contribution in [1.82, 2.24) is 0 Å². The fourth-order valence-corrected chi connectivity index (χ4v) is 6.10. The molecule has 0 spiro atoms. The number of hydrogen-bond acceptors (Lipinski definition) is 9. The van der Waals surface area contributed by atoms with Gasteiger partial charge in [0, 0.05) is 12.8 Å². The second kappa shape index (κ2) is 37.5. The van der Waals surface area contributed by atoms with E-state index in [9.17, 15) is 24.2 Å². The molecule has 10 nitrogen and oxygen atoms in total. The van der Waals surface area contributed by atoms with Gasteiger partial charge in [0.05, 0.1) is 19.8 Å². The van der Waals surface area contributed by atoms with E-state index >= 15 is 0 Å². The van der Waals surface area contributed by atoms with Crippen molar-refractivity contribution in [3.8, 4) is 0 Å². The summed E-state index contributed by atoms with van der Waals surface area (Å²) >= 11 is 0. The van der Waals surface area contributed by atoms with Crippen molar-refractivity contribution in [3.63, 3.8) is 0 Å². The molecular formula is C41H75O10P. The van der Waals surface area contributed by atoms with Gasteiger partial charge in [-0.1, -0.05) is 127 Å². The van der Waals surface area contributed by atoms with Crippen LogP contribution in [0, 0.1) is 0 Å². The van der Waals surface area contributed by atoms with Crippen molar-refractivity contribution in [2.45, 2.75) is 187 Å². The third-order valence-corrected chi connectivity index (χ3v) is 9.47. The summed E-state index contributed by atoms with van der Waals surface area (Å²) in [6.07, 6.45) is 36.8. The Balaban J connectivity index is 4.34. The molecule has 3 N–H and O–H groups in total. The van der Waals surface area contributed by atoms with Crippen molar-refractivity contribution in [3.05, 3.63) is 36.5 Å². The predicted molar refractivity (Wildman–Crippen MR) is 210 cm³/mol. The van der Waals surface area contributed by atoms with Gasteiger partial charge in [0.15, 0.2) is 6.10 Å². The Kier molecular flexibility index (Phi) is 36.2. The highest BCUT2D eigenvalue weighted by Crippen LogP contribution is 2.43. The zero-order chi connectivity index (χ0) is 38.4. The van der Waals surface area contributed by atoms with Gasteiger partial charge < -0.3 is 24.6 Å². The monoisotopic (exact) mass is 759 g/mol. The summed E-state index contributed by atoms with van der Waals surface area (Å²) in [6.45, 7) is 2.30. The molecule has 0 aromatic carbocycles. The molecule has 0 aliphatic carbocycles. The maximum absolute atomic E-state index is 12.6. The summed E-state index contributed by atoms with van der Waals surface area (Å²) in [4.78, 5) is 34.9. The van der Waals surface area contributed by atoms with Crippen LogP contribution in [0.5, 0.6) is 0 Å². The van der Waals surface area contributed by atoms with Crippen molar-refractivity contribution < 1.29 is 47.8 Å². The fraction of sp³-hybridized carbons (Fsp3) is 0.805. The summed E-state index contributed by atoms with van der Waals surface area (Å²) in [5, 5.41) is 18.3. The number of aliphatic hydroxyl groups excluding tert-OH is 2. The fourth-order valence-electron chi connectivity index (χ4n) is 5.31. The van der Waals surface area contributed by atoms with E-state index in [0.717, 1.165) is 77.0 Å². The highest BCUT2D eigenvalue weighted by Gasteiger charge is 2.27. The Bertz CT molecular complexity index is 967. The molecule has 3 atom stereocenters. The van der Waals surface area contributed by atoms with E-state index in [0.29, 0.717) is 12.8 Å². The van der Waals surface area contributed by atoms with Gasteiger partial charge >= 0.3 is 19.8 Å². The van der Waals surface area contributed by atoms with Crippen LogP contribution in [0.15, 0.2) is 36.5 Å². The molecule has 52 heavy (non-hydrogen) atoms. The highest BCUT2D eigenvalue weighted by atomic mass is 31.2. The minimum atomic E-state index is -4.62. The van der Waals surface area contributed by atoms with E-state index in [1.807, 2.05) is 0 Å². The lowest BCUT2D eigenvalue weighted by molar-refractivity contribution is -0.161. The van der Waals surface area contributed by atoms with Crippen LogP contribution >= 0.6 is 7.82 Å². The van der Waals surface area contributed by atoms with Gasteiger partial charge in [-0.05, 0) is 70.6 Å².